The van der Waals surface area contributed by atoms with Crippen LogP contribution in [0.1, 0.15) is 0 Å². The number of hydrogen-bond acceptors (Lipinski definition) is 2. The van der Waals surface area contributed by atoms with Crippen molar-refractivity contribution in [3.63, 3.8) is 0 Å². The zero-order valence-electron chi connectivity index (χ0n) is 4.47. The highest BCUT2D eigenvalue weighted by atomic mass is 16.1. The lowest BCUT2D eigenvalue weighted by molar-refractivity contribution is -0.116. The number of nitrogens with one attached hydrogen (secondary N) is 1. The van der Waals surface area contributed by atoms with Crippen molar-refractivity contribution in [1.82, 2.24) is 5.32 Å². The molecule has 43 valence electrons. The third kappa shape index (κ3) is 3.08. The van der Waals surface area contributed by atoms with Crippen LogP contribution in [0.25, 0.3) is 0 Å². The summed E-state index contributed by atoms with van der Waals surface area (Å²) < 4.78 is 0. The van der Waals surface area contributed by atoms with Crippen molar-refractivity contribution in [3.8, 4) is 0 Å². The first kappa shape index (κ1) is 6.88. The predicted molar refractivity (Wildman–Crippen MR) is 28.9 cm³/mol. The van der Waals surface area contributed by atoms with E-state index in [4.69, 9.17) is 0 Å². The standard InChI is InChI=1S/C5H6NO2/c1-6-5(8)3-2-4-7/h2-3H,1H3,(H,6,8). The van der Waals surface area contributed by atoms with Gasteiger partial charge >= 0.3 is 0 Å². The zero-order valence-corrected chi connectivity index (χ0v) is 4.47. The van der Waals surface area contributed by atoms with E-state index >= 15 is 0 Å². The van der Waals surface area contributed by atoms with Crippen molar-refractivity contribution in [2.45, 2.75) is 0 Å². The lowest BCUT2D eigenvalue weighted by Gasteiger charge is -1.83. The first-order valence-electron chi connectivity index (χ1n) is 2.07. The second kappa shape index (κ2) is 4.05. The maximum absolute atomic E-state index is 10.2. The molecular weight excluding hydrogens is 106 g/mol. The minimum absolute atomic E-state index is 0.298. The molecule has 0 heterocycles. The quantitative estimate of drug-likeness (QED) is 0.485. The van der Waals surface area contributed by atoms with Crippen molar-refractivity contribution >= 4 is 12.2 Å². The van der Waals surface area contributed by atoms with E-state index in [2.05, 4.69) is 5.32 Å². The summed E-state index contributed by atoms with van der Waals surface area (Å²) >= 11 is 0. The Bertz CT molecular complexity index is 118. The molecule has 1 radical (unpaired) electrons. The van der Waals surface area contributed by atoms with Crippen LogP contribution in [0.4, 0.5) is 0 Å². The Morgan fingerprint density at radius 2 is 2.38 bits per heavy atom. The highest BCUT2D eigenvalue weighted by molar-refractivity contribution is 5.90. The fourth-order valence-corrected chi connectivity index (χ4v) is 0.193. The average molecular weight is 112 g/mol. The minimum Gasteiger partial charge on any atom is -0.356 e. The molecule has 3 heteroatoms. The molecule has 0 saturated heterocycles. The fraction of sp³-hybridized carbons (Fsp3) is 0.200. The molecule has 0 rings (SSSR count). The highest BCUT2D eigenvalue weighted by Gasteiger charge is 1.83. The maximum atomic E-state index is 10.2. The second-order valence-electron chi connectivity index (χ2n) is 1.07. The van der Waals surface area contributed by atoms with E-state index in [1.54, 1.807) is 0 Å². The van der Waals surface area contributed by atoms with Crippen molar-refractivity contribution in [1.29, 1.82) is 0 Å². The molecule has 0 saturated carbocycles. The van der Waals surface area contributed by atoms with E-state index in [9.17, 15) is 9.59 Å². The third-order valence-electron chi connectivity index (χ3n) is 0.549. The first-order chi connectivity index (χ1) is 3.81. The Morgan fingerprint density at radius 1 is 1.75 bits per heavy atom. The van der Waals surface area contributed by atoms with E-state index < -0.39 is 0 Å². The number of rotatable bonds is 2. The van der Waals surface area contributed by atoms with Gasteiger partial charge in [0.1, 0.15) is 0 Å². The largest absolute Gasteiger partial charge is 0.356 e. The summed E-state index contributed by atoms with van der Waals surface area (Å²) in [7, 11) is 1.48. The summed E-state index contributed by atoms with van der Waals surface area (Å²) in [4.78, 5) is 19.6. The molecule has 1 N–H and O–H groups in total. The molecule has 0 aromatic rings. The van der Waals surface area contributed by atoms with Crippen molar-refractivity contribution in [2.75, 3.05) is 7.05 Å². The van der Waals surface area contributed by atoms with Gasteiger partial charge in [-0.25, -0.2) is 0 Å². The molecule has 1 amide bonds. The van der Waals surface area contributed by atoms with Gasteiger partial charge in [-0.2, -0.15) is 0 Å². The Balaban J connectivity index is 3.52. The smallest absolute Gasteiger partial charge is 0.243 e. The van der Waals surface area contributed by atoms with Crippen molar-refractivity contribution in [3.05, 3.63) is 12.2 Å². The number of likely N-dealkylation sites (N-methyl/N-ethyl adjacent to an activating group) is 1. The SMILES string of the molecule is CNC(=O)C=C[C]=O. The molecule has 0 aliphatic heterocycles. The third-order valence-corrected chi connectivity index (χ3v) is 0.549. The van der Waals surface area contributed by atoms with Crippen molar-refractivity contribution < 1.29 is 9.59 Å². The monoisotopic (exact) mass is 112 g/mol. The molecule has 8 heavy (non-hydrogen) atoms. The molecule has 0 aromatic carbocycles. The molecule has 0 unspecified atom stereocenters. The van der Waals surface area contributed by atoms with Gasteiger partial charge in [0.15, 0.2) is 0 Å². The molecule has 0 fully saturated rings. The molecule has 0 aliphatic rings. The van der Waals surface area contributed by atoms with Crippen LogP contribution in [-0.4, -0.2) is 19.2 Å². The minimum atomic E-state index is -0.298. The summed E-state index contributed by atoms with van der Waals surface area (Å²) in [6.45, 7) is 0. The van der Waals surface area contributed by atoms with E-state index in [-0.39, 0.29) is 5.91 Å². The summed E-state index contributed by atoms with van der Waals surface area (Å²) in [5, 5.41) is 2.30. The van der Waals surface area contributed by atoms with Gasteiger partial charge in [0.05, 0.1) is 0 Å². The van der Waals surface area contributed by atoms with Gasteiger partial charge in [-0.3, -0.25) is 9.59 Å². The van der Waals surface area contributed by atoms with Gasteiger partial charge in [0.25, 0.3) is 0 Å². The van der Waals surface area contributed by atoms with Gasteiger partial charge in [-0.05, 0) is 6.08 Å². The normalized spacial score (nSPS) is 9.12. The van der Waals surface area contributed by atoms with Gasteiger partial charge in [0, 0.05) is 13.1 Å². The van der Waals surface area contributed by atoms with E-state index in [1.165, 1.54) is 13.3 Å². The lowest BCUT2D eigenvalue weighted by atomic mass is 10.5. The van der Waals surface area contributed by atoms with Crippen LogP contribution in [-0.2, 0) is 9.59 Å². The topological polar surface area (TPSA) is 46.2 Å². The molecule has 0 spiro atoms. The highest BCUT2D eigenvalue weighted by Crippen LogP contribution is 1.65. The van der Waals surface area contributed by atoms with Crippen LogP contribution >= 0.6 is 0 Å². The molecule has 3 nitrogen and oxygen atoms in total. The van der Waals surface area contributed by atoms with E-state index in [1.807, 2.05) is 0 Å². The molecule has 0 aromatic heterocycles. The number of hydrogen-bond donors (Lipinski definition) is 1. The van der Waals surface area contributed by atoms with E-state index in [0.29, 0.717) is 0 Å². The molecule has 0 aliphatic carbocycles. The van der Waals surface area contributed by atoms with Crippen LogP contribution in [0, 0.1) is 0 Å². The van der Waals surface area contributed by atoms with E-state index in [0.717, 1.165) is 12.2 Å². The van der Waals surface area contributed by atoms with Crippen LogP contribution < -0.4 is 5.32 Å². The van der Waals surface area contributed by atoms with Gasteiger partial charge in [-0.1, -0.05) is 0 Å². The Hall–Kier alpha value is -1.12. The van der Waals surface area contributed by atoms with Crippen LogP contribution in [0.3, 0.4) is 0 Å². The van der Waals surface area contributed by atoms with Crippen LogP contribution in [0.5, 0.6) is 0 Å². The zero-order chi connectivity index (χ0) is 6.41. The summed E-state index contributed by atoms with van der Waals surface area (Å²) in [6.07, 6.45) is 3.56. The average Bonchev–Trinajstić information content (AvgIpc) is 1.83. The second-order valence-corrected chi connectivity index (χ2v) is 1.07. The fourth-order valence-electron chi connectivity index (χ4n) is 0.193. The molecule has 0 atom stereocenters. The predicted octanol–water partition coefficient (Wildman–Crippen LogP) is -0.602. The number of carbonyl (C=O) groups excluding carboxylic acids is 2. The Morgan fingerprint density at radius 3 is 2.75 bits per heavy atom. The maximum Gasteiger partial charge on any atom is 0.243 e. The Kier molecular flexibility index (Phi) is 3.48. The van der Waals surface area contributed by atoms with Crippen LogP contribution in [0.2, 0.25) is 0 Å². The van der Waals surface area contributed by atoms with Gasteiger partial charge < -0.3 is 5.32 Å². The number of allylic oxidation sites excluding steroid dienone is 1. The van der Waals surface area contributed by atoms with Crippen molar-refractivity contribution in [2.24, 2.45) is 0 Å². The van der Waals surface area contributed by atoms with Crippen LogP contribution in [0.15, 0.2) is 12.2 Å². The van der Waals surface area contributed by atoms with Gasteiger partial charge in [-0.15, -0.1) is 0 Å². The lowest BCUT2D eigenvalue weighted by Crippen LogP contribution is -2.13. The first-order valence-corrected chi connectivity index (χ1v) is 2.07. The summed E-state index contributed by atoms with van der Waals surface area (Å²) in [5.74, 6) is -0.298. The van der Waals surface area contributed by atoms with Gasteiger partial charge in [0.2, 0.25) is 12.2 Å². The summed E-state index contributed by atoms with van der Waals surface area (Å²) in [5.41, 5.74) is 0. The number of amides is 1. The number of carbonyl (C=O) groups is 1. The Labute approximate surface area is 47.4 Å². The summed E-state index contributed by atoms with van der Waals surface area (Å²) in [6, 6.07) is 0. The molecule has 0 bridgehead atoms. The molecular formula is C5H6NO2.